The second-order valence-corrected chi connectivity index (χ2v) is 6.67. The summed E-state index contributed by atoms with van der Waals surface area (Å²) < 4.78 is 44.2. The van der Waals surface area contributed by atoms with Crippen LogP contribution in [0.4, 0.5) is 30.2 Å². The van der Waals surface area contributed by atoms with E-state index in [1.807, 2.05) is 4.90 Å². The largest absolute Gasteiger partial charge is 0.452 e. The molecule has 0 saturated carbocycles. The number of nitrogens with zero attached hydrogens (tertiary/aromatic N) is 1. The Bertz CT molecular complexity index is 892. The van der Waals surface area contributed by atoms with Crippen molar-refractivity contribution >= 4 is 28.9 Å². The normalized spacial score (nSPS) is 14.0. The Morgan fingerprint density at radius 1 is 1.07 bits per heavy atom. The van der Waals surface area contributed by atoms with Gasteiger partial charge < -0.3 is 20.7 Å². The Hall–Kier alpha value is -3.23. The second kappa shape index (κ2) is 8.42. The molecule has 3 rings (SSSR count). The molecule has 1 aliphatic heterocycles. The summed E-state index contributed by atoms with van der Waals surface area (Å²) in [6.07, 6.45) is -2.69. The molecule has 0 atom stereocenters. The topological polar surface area (TPSA) is 84.7 Å². The minimum atomic E-state index is -4.54. The van der Waals surface area contributed by atoms with E-state index >= 15 is 0 Å². The lowest BCUT2D eigenvalue weighted by Crippen LogP contribution is -2.24. The van der Waals surface area contributed by atoms with Gasteiger partial charge in [-0.2, -0.15) is 13.2 Å². The molecule has 0 radical (unpaired) electrons. The van der Waals surface area contributed by atoms with Gasteiger partial charge in [0.25, 0.3) is 5.91 Å². The highest BCUT2D eigenvalue weighted by Crippen LogP contribution is 2.36. The number of hydrogen-bond acceptors (Lipinski definition) is 5. The van der Waals surface area contributed by atoms with Gasteiger partial charge in [0.15, 0.2) is 6.61 Å². The summed E-state index contributed by atoms with van der Waals surface area (Å²) in [6, 6.07) is 9.17. The van der Waals surface area contributed by atoms with E-state index in [1.54, 1.807) is 0 Å². The third kappa shape index (κ3) is 5.18. The van der Waals surface area contributed by atoms with E-state index in [0.29, 0.717) is 24.5 Å². The van der Waals surface area contributed by atoms with E-state index < -0.39 is 30.2 Å². The summed E-state index contributed by atoms with van der Waals surface area (Å²) in [7, 11) is 0. The SMILES string of the molecule is Nc1ccc(C(=O)OCC(=O)Nc2cc(C(F)(F)F)ccc2N2CCCC2)cc1. The highest BCUT2D eigenvalue weighted by molar-refractivity contribution is 5.97. The van der Waals surface area contributed by atoms with Gasteiger partial charge in [-0.05, 0) is 55.3 Å². The van der Waals surface area contributed by atoms with Gasteiger partial charge in [-0.3, -0.25) is 4.79 Å². The van der Waals surface area contributed by atoms with Gasteiger partial charge in [-0.1, -0.05) is 0 Å². The van der Waals surface area contributed by atoms with Crippen molar-refractivity contribution in [2.45, 2.75) is 19.0 Å². The molecule has 1 fully saturated rings. The fourth-order valence-electron chi connectivity index (χ4n) is 3.07. The van der Waals surface area contributed by atoms with Crippen LogP contribution in [-0.2, 0) is 15.7 Å². The Labute approximate surface area is 165 Å². The monoisotopic (exact) mass is 407 g/mol. The van der Waals surface area contributed by atoms with Crippen LogP contribution in [-0.4, -0.2) is 31.6 Å². The molecule has 2 aromatic rings. The van der Waals surface area contributed by atoms with Crippen LogP contribution >= 0.6 is 0 Å². The second-order valence-electron chi connectivity index (χ2n) is 6.67. The standard InChI is InChI=1S/C20H20F3N3O3/c21-20(22,23)14-5-8-17(26-9-1-2-10-26)16(11-14)25-18(27)12-29-19(28)13-3-6-15(24)7-4-13/h3-8,11H,1-2,9-10,12,24H2,(H,25,27). The molecule has 9 heteroatoms. The molecule has 29 heavy (non-hydrogen) atoms. The summed E-state index contributed by atoms with van der Waals surface area (Å²) in [5.41, 5.74) is 5.91. The molecule has 1 amide bonds. The van der Waals surface area contributed by atoms with Gasteiger partial charge >= 0.3 is 12.1 Å². The Kier molecular flexibility index (Phi) is 5.95. The van der Waals surface area contributed by atoms with E-state index in [2.05, 4.69) is 5.32 Å². The number of nitrogen functional groups attached to an aromatic ring is 1. The van der Waals surface area contributed by atoms with Crippen LogP contribution in [0.5, 0.6) is 0 Å². The highest BCUT2D eigenvalue weighted by Gasteiger charge is 2.32. The van der Waals surface area contributed by atoms with Gasteiger partial charge in [0, 0.05) is 18.8 Å². The van der Waals surface area contributed by atoms with Gasteiger partial charge in [0.1, 0.15) is 0 Å². The number of ether oxygens (including phenoxy) is 1. The molecule has 6 nitrogen and oxygen atoms in total. The predicted molar refractivity (Wildman–Crippen MR) is 103 cm³/mol. The number of carbonyl (C=O) groups is 2. The summed E-state index contributed by atoms with van der Waals surface area (Å²) in [5, 5.41) is 2.44. The average molecular weight is 407 g/mol. The van der Waals surface area contributed by atoms with Gasteiger partial charge in [0.05, 0.1) is 22.5 Å². The number of esters is 1. The van der Waals surface area contributed by atoms with Crippen LogP contribution in [0, 0.1) is 0 Å². The first kappa shape index (κ1) is 20.5. The molecule has 1 heterocycles. The zero-order valence-electron chi connectivity index (χ0n) is 15.5. The van der Waals surface area contributed by atoms with Crippen LogP contribution in [0.15, 0.2) is 42.5 Å². The van der Waals surface area contributed by atoms with Crippen LogP contribution in [0.3, 0.4) is 0 Å². The van der Waals surface area contributed by atoms with E-state index in [-0.39, 0.29) is 11.3 Å². The van der Waals surface area contributed by atoms with Crippen LogP contribution in [0.2, 0.25) is 0 Å². The first-order chi connectivity index (χ1) is 13.7. The maximum absolute atomic E-state index is 13.1. The van der Waals surface area contributed by atoms with Gasteiger partial charge in [-0.25, -0.2) is 4.79 Å². The summed E-state index contributed by atoms with van der Waals surface area (Å²) in [4.78, 5) is 26.1. The number of hydrogen-bond donors (Lipinski definition) is 2. The van der Waals surface area contributed by atoms with Crippen LogP contribution in [0.25, 0.3) is 0 Å². The number of halogens is 3. The van der Waals surface area contributed by atoms with Crippen LogP contribution < -0.4 is 16.0 Å². The van der Waals surface area contributed by atoms with Crippen LogP contribution in [0.1, 0.15) is 28.8 Å². The van der Waals surface area contributed by atoms with E-state index in [9.17, 15) is 22.8 Å². The first-order valence-electron chi connectivity index (χ1n) is 9.03. The summed E-state index contributed by atoms with van der Waals surface area (Å²) in [6.45, 7) is 0.764. The van der Waals surface area contributed by atoms with Crippen molar-refractivity contribution in [2.24, 2.45) is 0 Å². The molecule has 1 aliphatic rings. The van der Waals surface area contributed by atoms with Gasteiger partial charge in [-0.15, -0.1) is 0 Å². The number of anilines is 3. The van der Waals surface area contributed by atoms with Crippen molar-refractivity contribution in [2.75, 3.05) is 35.6 Å². The zero-order valence-corrected chi connectivity index (χ0v) is 15.5. The molecule has 0 spiro atoms. The fourth-order valence-corrected chi connectivity index (χ4v) is 3.07. The maximum atomic E-state index is 13.1. The van der Waals surface area contributed by atoms with Gasteiger partial charge in [0.2, 0.25) is 0 Å². The van der Waals surface area contributed by atoms with Crippen molar-refractivity contribution in [1.82, 2.24) is 0 Å². The highest BCUT2D eigenvalue weighted by atomic mass is 19.4. The Morgan fingerprint density at radius 3 is 2.34 bits per heavy atom. The predicted octanol–water partition coefficient (Wildman–Crippen LogP) is 3.68. The number of rotatable bonds is 5. The Morgan fingerprint density at radius 2 is 1.72 bits per heavy atom. The molecule has 1 saturated heterocycles. The zero-order chi connectivity index (χ0) is 21.0. The minimum Gasteiger partial charge on any atom is -0.452 e. The molecule has 3 N–H and O–H groups in total. The molecule has 0 aliphatic carbocycles. The van der Waals surface area contributed by atoms with Crippen molar-refractivity contribution in [3.05, 3.63) is 53.6 Å². The third-order valence-corrected chi connectivity index (χ3v) is 4.53. The molecule has 0 unspecified atom stereocenters. The van der Waals surface area contributed by atoms with E-state index in [0.717, 1.165) is 25.0 Å². The lowest BCUT2D eigenvalue weighted by molar-refractivity contribution is -0.137. The number of alkyl halides is 3. The molecule has 154 valence electrons. The molecule has 2 aromatic carbocycles. The summed E-state index contributed by atoms with van der Waals surface area (Å²) >= 11 is 0. The fraction of sp³-hybridized carbons (Fsp3) is 0.300. The lowest BCUT2D eigenvalue weighted by atomic mass is 10.1. The number of nitrogens with one attached hydrogen (secondary N) is 1. The third-order valence-electron chi connectivity index (χ3n) is 4.53. The first-order valence-corrected chi connectivity index (χ1v) is 9.03. The molecule has 0 aromatic heterocycles. The molecular weight excluding hydrogens is 387 g/mol. The maximum Gasteiger partial charge on any atom is 0.416 e. The Balaban J connectivity index is 1.70. The van der Waals surface area contributed by atoms with Crippen molar-refractivity contribution in [3.8, 4) is 0 Å². The average Bonchev–Trinajstić information content (AvgIpc) is 3.20. The number of amides is 1. The lowest BCUT2D eigenvalue weighted by Gasteiger charge is -2.23. The smallest absolute Gasteiger partial charge is 0.416 e. The number of carbonyl (C=O) groups excluding carboxylic acids is 2. The number of benzene rings is 2. The quantitative estimate of drug-likeness (QED) is 0.584. The minimum absolute atomic E-state index is 0.0373. The van der Waals surface area contributed by atoms with Crippen molar-refractivity contribution in [3.63, 3.8) is 0 Å². The molecular formula is C20H20F3N3O3. The van der Waals surface area contributed by atoms with Crippen molar-refractivity contribution < 1.29 is 27.5 Å². The summed E-state index contributed by atoms with van der Waals surface area (Å²) in [5.74, 6) is -1.46. The van der Waals surface area contributed by atoms with Crippen molar-refractivity contribution in [1.29, 1.82) is 0 Å². The number of nitrogens with two attached hydrogens (primary N) is 1. The van der Waals surface area contributed by atoms with E-state index in [4.69, 9.17) is 10.5 Å². The molecule has 0 bridgehead atoms. The van der Waals surface area contributed by atoms with E-state index in [1.165, 1.54) is 30.3 Å².